The number of hydrogen-bond acceptors (Lipinski definition) is 5. The Hall–Kier alpha value is -2.44. The standard InChI is InChI=1S/C53H95NO5/c1-4-7-10-13-16-19-22-25-26-28-31-34-37-40-43-46-53(58)59-49(44-41-38-35-32-29-27-23-20-17-14-11-8-5-2)47-52(57)54-50(48-55)51(56)45-42-39-36-33-30-24-21-18-15-12-9-6-3/h8,11,14,17,20,23,27,29,32,35,49-51,55-56H,4-7,9-10,12-13,15-16,18-19,21-22,24-26,28,30-31,33-34,36-48H2,1-3H3,(H,54,57)/b11-8+,17-14+,23-20-,29-27-,35-32+. The molecule has 0 heterocycles. The zero-order valence-electron chi connectivity index (χ0n) is 38.9. The minimum Gasteiger partial charge on any atom is -0.462 e. The third-order valence-corrected chi connectivity index (χ3v) is 11.2. The number of carbonyl (C=O) groups is 2. The molecule has 0 spiro atoms. The van der Waals surface area contributed by atoms with Crippen molar-refractivity contribution in [1.29, 1.82) is 0 Å². The Morgan fingerprint density at radius 1 is 0.508 bits per heavy atom. The van der Waals surface area contributed by atoms with Crippen LogP contribution in [0, 0.1) is 0 Å². The summed E-state index contributed by atoms with van der Waals surface area (Å²) in [7, 11) is 0. The van der Waals surface area contributed by atoms with Gasteiger partial charge < -0.3 is 20.3 Å². The second-order valence-corrected chi connectivity index (χ2v) is 17.0. The lowest BCUT2D eigenvalue weighted by molar-refractivity contribution is -0.151. The first kappa shape index (κ1) is 56.6. The van der Waals surface area contributed by atoms with Crippen molar-refractivity contribution >= 4 is 11.9 Å². The third-order valence-electron chi connectivity index (χ3n) is 11.2. The maximum absolute atomic E-state index is 13.2. The van der Waals surface area contributed by atoms with Gasteiger partial charge in [-0.15, -0.1) is 0 Å². The van der Waals surface area contributed by atoms with Crippen LogP contribution in [0.2, 0.25) is 0 Å². The predicted molar refractivity (Wildman–Crippen MR) is 255 cm³/mol. The number of allylic oxidation sites excluding steroid dienone is 10. The van der Waals surface area contributed by atoms with Crippen LogP contribution < -0.4 is 5.32 Å². The Bertz CT molecular complexity index is 1060. The lowest BCUT2D eigenvalue weighted by Crippen LogP contribution is -2.46. The Kier molecular flexibility index (Phi) is 44.7. The molecule has 0 aromatic heterocycles. The molecule has 3 atom stereocenters. The van der Waals surface area contributed by atoms with Crippen molar-refractivity contribution in [3.8, 4) is 0 Å². The first-order valence-corrected chi connectivity index (χ1v) is 25.1. The number of hydrogen-bond donors (Lipinski definition) is 3. The number of carbonyl (C=O) groups excluding carboxylic acids is 2. The van der Waals surface area contributed by atoms with E-state index in [4.69, 9.17) is 4.74 Å². The van der Waals surface area contributed by atoms with Gasteiger partial charge in [-0.1, -0.05) is 248 Å². The van der Waals surface area contributed by atoms with Crippen molar-refractivity contribution in [3.63, 3.8) is 0 Å². The number of aliphatic hydroxyl groups excluding tert-OH is 2. The molecule has 0 radical (unpaired) electrons. The Morgan fingerprint density at radius 3 is 1.36 bits per heavy atom. The van der Waals surface area contributed by atoms with Crippen LogP contribution in [0.5, 0.6) is 0 Å². The zero-order valence-corrected chi connectivity index (χ0v) is 38.9. The summed E-state index contributed by atoms with van der Waals surface area (Å²) in [4.78, 5) is 26.1. The zero-order chi connectivity index (χ0) is 43.1. The highest BCUT2D eigenvalue weighted by Crippen LogP contribution is 2.17. The number of nitrogens with one attached hydrogen (secondary N) is 1. The van der Waals surface area contributed by atoms with E-state index in [1.807, 2.05) is 48.6 Å². The van der Waals surface area contributed by atoms with Crippen molar-refractivity contribution in [2.45, 2.75) is 257 Å². The number of unbranched alkanes of at least 4 members (excludes halogenated alkanes) is 26. The fourth-order valence-electron chi connectivity index (χ4n) is 7.46. The molecule has 59 heavy (non-hydrogen) atoms. The molecule has 0 fully saturated rings. The summed E-state index contributed by atoms with van der Waals surface area (Å²) in [5.41, 5.74) is 0. The Balaban J connectivity index is 4.66. The van der Waals surface area contributed by atoms with Crippen LogP contribution in [0.15, 0.2) is 60.8 Å². The van der Waals surface area contributed by atoms with E-state index in [2.05, 4.69) is 38.2 Å². The second-order valence-electron chi connectivity index (χ2n) is 17.0. The van der Waals surface area contributed by atoms with Crippen LogP contribution in [0.1, 0.15) is 239 Å². The van der Waals surface area contributed by atoms with Gasteiger partial charge in [0.1, 0.15) is 6.10 Å². The largest absolute Gasteiger partial charge is 0.462 e. The molecule has 0 aliphatic rings. The highest BCUT2D eigenvalue weighted by atomic mass is 16.5. The summed E-state index contributed by atoms with van der Waals surface area (Å²) in [5.74, 6) is -0.542. The van der Waals surface area contributed by atoms with Crippen molar-refractivity contribution < 1.29 is 24.5 Å². The molecule has 6 nitrogen and oxygen atoms in total. The molecule has 3 unspecified atom stereocenters. The third kappa shape index (κ3) is 42.1. The first-order valence-electron chi connectivity index (χ1n) is 25.1. The summed E-state index contributed by atoms with van der Waals surface area (Å²) < 4.78 is 5.89. The molecule has 0 aromatic rings. The fourth-order valence-corrected chi connectivity index (χ4v) is 7.46. The minimum absolute atomic E-state index is 0.0296. The van der Waals surface area contributed by atoms with Crippen molar-refractivity contribution in [2.75, 3.05) is 6.61 Å². The van der Waals surface area contributed by atoms with Crippen molar-refractivity contribution in [1.82, 2.24) is 5.32 Å². The van der Waals surface area contributed by atoms with Crippen LogP contribution in [-0.4, -0.2) is 46.9 Å². The molecule has 0 aliphatic heterocycles. The summed E-state index contributed by atoms with van der Waals surface area (Å²) in [6.45, 7) is 6.32. The van der Waals surface area contributed by atoms with E-state index in [0.29, 0.717) is 19.3 Å². The van der Waals surface area contributed by atoms with Gasteiger partial charge in [-0.25, -0.2) is 0 Å². The average Bonchev–Trinajstić information content (AvgIpc) is 3.23. The number of ether oxygens (including phenoxy) is 1. The molecule has 0 saturated carbocycles. The van der Waals surface area contributed by atoms with Crippen LogP contribution >= 0.6 is 0 Å². The van der Waals surface area contributed by atoms with E-state index in [0.717, 1.165) is 57.8 Å². The summed E-state index contributed by atoms with van der Waals surface area (Å²) in [6.07, 6.45) is 57.1. The van der Waals surface area contributed by atoms with E-state index in [9.17, 15) is 19.8 Å². The van der Waals surface area contributed by atoms with Crippen LogP contribution in [0.3, 0.4) is 0 Å². The maximum Gasteiger partial charge on any atom is 0.306 e. The van der Waals surface area contributed by atoms with Gasteiger partial charge >= 0.3 is 5.97 Å². The van der Waals surface area contributed by atoms with Gasteiger partial charge in [0.15, 0.2) is 0 Å². The number of esters is 1. The summed E-state index contributed by atoms with van der Waals surface area (Å²) in [5, 5.41) is 23.7. The monoisotopic (exact) mass is 826 g/mol. The molecule has 0 aliphatic carbocycles. The van der Waals surface area contributed by atoms with Crippen molar-refractivity contribution in [2.24, 2.45) is 0 Å². The van der Waals surface area contributed by atoms with Gasteiger partial charge in [0.05, 0.1) is 25.2 Å². The number of amides is 1. The van der Waals surface area contributed by atoms with Gasteiger partial charge in [-0.3, -0.25) is 9.59 Å². The molecule has 1 amide bonds. The van der Waals surface area contributed by atoms with E-state index < -0.39 is 18.2 Å². The number of rotatable bonds is 44. The van der Waals surface area contributed by atoms with Crippen LogP contribution in [0.25, 0.3) is 0 Å². The summed E-state index contributed by atoms with van der Waals surface area (Å²) in [6, 6.07) is -0.723. The van der Waals surface area contributed by atoms with Gasteiger partial charge in [-0.2, -0.15) is 0 Å². The van der Waals surface area contributed by atoms with E-state index in [-0.39, 0.29) is 24.9 Å². The van der Waals surface area contributed by atoms with E-state index >= 15 is 0 Å². The second kappa shape index (κ2) is 46.6. The highest BCUT2D eigenvalue weighted by Gasteiger charge is 2.24. The van der Waals surface area contributed by atoms with Gasteiger partial charge in [0, 0.05) is 6.42 Å². The maximum atomic E-state index is 13.2. The summed E-state index contributed by atoms with van der Waals surface area (Å²) >= 11 is 0. The molecule has 0 aromatic carbocycles. The smallest absolute Gasteiger partial charge is 0.306 e. The SMILES string of the molecule is CC/C=C/C=C/C=C\C=C/C=C/CCCC(CC(=O)NC(CO)C(O)CCCCCCCCCCCCCC)OC(=O)CCCCCCCCCCCCCCCCC. The molecule has 0 rings (SSSR count). The lowest BCUT2D eigenvalue weighted by atomic mass is 10.0. The van der Waals surface area contributed by atoms with Gasteiger partial charge in [0.25, 0.3) is 0 Å². The Morgan fingerprint density at radius 2 is 0.915 bits per heavy atom. The first-order chi connectivity index (χ1) is 29.0. The minimum atomic E-state index is -0.805. The van der Waals surface area contributed by atoms with Gasteiger partial charge in [-0.05, 0) is 38.5 Å². The Labute approximate surface area is 365 Å². The average molecular weight is 826 g/mol. The lowest BCUT2D eigenvalue weighted by Gasteiger charge is -2.24. The molecular formula is C53H95NO5. The molecule has 0 bridgehead atoms. The fraction of sp³-hybridized carbons (Fsp3) is 0.774. The molecular weight excluding hydrogens is 731 g/mol. The molecule has 3 N–H and O–H groups in total. The quantitative estimate of drug-likeness (QED) is 0.0323. The van der Waals surface area contributed by atoms with Crippen LogP contribution in [0.4, 0.5) is 0 Å². The molecule has 342 valence electrons. The molecule has 0 saturated heterocycles. The molecule has 6 heteroatoms. The van der Waals surface area contributed by atoms with E-state index in [1.165, 1.54) is 135 Å². The predicted octanol–water partition coefficient (Wildman–Crippen LogP) is 14.8. The number of aliphatic hydroxyl groups is 2. The van der Waals surface area contributed by atoms with Gasteiger partial charge in [0.2, 0.25) is 5.91 Å². The topological polar surface area (TPSA) is 95.9 Å². The van der Waals surface area contributed by atoms with Crippen LogP contribution in [-0.2, 0) is 14.3 Å². The highest BCUT2D eigenvalue weighted by molar-refractivity contribution is 5.77. The normalized spacial score (nSPS) is 13.8. The van der Waals surface area contributed by atoms with E-state index in [1.54, 1.807) is 0 Å². The van der Waals surface area contributed by atoms with Crippen molar-refractivity contribution in [3.05, 3.63) is 60.8 Å².